The highest BCUT2D eigenvalue weighted by Gasteiger charge is 2.14. The molecule has 1 heterocycles. The molecule has 4 heteroatoms. The van der Waals surface area contributed by atoms with Gasteiger partial charge in [-0.3, -0.25) is 4.79 Å². The molecule has 1 aromatic rings. The summed E-state index contributed by atoms with van der Waals surface area (Å²) in [5, 5.41) is 13.9. The van der Waals surface area contributed by atoms with Gasteiger partial charge in [-0.05, 0) is 36.1 Å². The summed E-state index contributed by atoms with van der Waals surface area (Å²) < 4.78 is 0. The van der Waals surface area contributed by atoms with Gasteiger partial charge in [0.25, 0.3) is 0 Å². The maximum Gasteiger partial charge on any atom is 0.224 e. The molecule has 0 spiro atoms. The van der Waals surface area contributed by atoms with E-state index in [1.807, 2.05) is 12.3 Å². The van der Waals surface area contributed by atoms with E-state index in [1.165, 1.54) is 37.0 Å². The van der Waals surface area contributed by atoms with Gasteiger partial charge in [0.1, 0.15) is 5.76 Å². The van der Waals surface area contributed by atoms with Crippen LogP contribution in [-0.2, 0) is 4.79 Å². The highest BCUT2D eigenvalue weighted by atomic mass is 32.1. The van der Waals surface area contributed by atoms with Gasteiger partial charge in [-0.2, -0.15) is 0 Å². The normalized spacial score (nSPS) is 10.7. The van der Waals surface area contributed by atoms with E-state index in [0.29, 0.717) is 22.4 Å². The second kappa shape index (κ2) is 10.5. The Balaban J connectivity index is 0.000000468. The first kappa shape index (κ1) is 21.7. The topological polar surface area (TPSA) is 49.3 Å². The van der Waals surface area contributed by atoms with Crippen molar-refractivity contribution in [3.8, 4) is 0 Å². The minimum atomic E-state index is -0.0611. The Kier molecular flexibility index (Phi) is 9.89. The summed E-state index contributed by atoms with van der Waals surface area (Å²) in [5.74, 6) is -0.0662. The number of nitrogens with one attached hydrogen (secondary N) is 1. The van der Waals surface area contributed by atoms with Gasteiger partial charge in [-0.1, -0.05) is 54.0 Å². The van der Waals surface area contributed by atoms with Gasteiger partial charge in [-0.25, -0.2) is 0 Å². The lowest BCUT2D eigenvalue weighted by Gasteiger charge is -2.22. The van der Waals surface area contributed by atoms with Gasteiger partial charge in [0.2, 0.25) is 5.91 Å². The number of aliphatic hydroxyl groups is 1. The molecule has 1 amide bonds. The SMILES string of the molecule is C=C(O)c1scc(C)c1NC(=O)CC.CCCC(C)(C)CCC. The number of amides is 1. The molecule has 0 radical (unpaired) electrons. The second-order valence-corrected chi connectivity index (χ2v) is 7.52. The van der Waals surface area contributed by atoms with Crippen LogP contribution < -0.4 is 5.32 Å². The van der Waals surface area contributed by atoms with Gasteiger partial charge in [-0.15, -0.1) is 11.3 Å². The summed E-state index contributed by atoms with van der Waals surface area (Å²) in [7, 11) is 0. The largest absolute Gasteiger partial charge is 0.507 e. The first-order valence-electron chi connectivity index (χ1n) is 8.44. The summed E-state index contributed by atoms with van der Waals surface area (Å²) in [4.78, 5) is 11.8. The summed E-state index contributed by atoms with van der Waals surface area (Å²) >= 11 is 1.37. The van der Waals surface area contributed by atoms with Crippen LogP contribution in [0.2, 0.25) is 0 Å². The zero-order valence-corrected chi connectivity index (χ0v) is 16.4. The molecule has 0 saturated carbocycles. The third-order valence-corrected chi connectivity index (χ3v) is 4.82. The van der Waals surface area contributed by atoms with Crippen LogP contribution in [0.4, 0.5) is 5.69 Å². The average Bonchev–Trinajstić information content (AvgIpc) is 2.80. The molecule has 0 unspecified atom stereocenters. The van der Waals surface area contributed by atoms with Crippen LogP contribution in [0.25, 0.3) is 5.76 Å². The van der Waals surface area contributed by atoms with E-state index in [0.717, 1.165) is 5.56 Å². The fourth-order valence-corrected chi connectivity index (χ4v) is 3.40. The number of aryl methyl sites for hydroxylation is 1. The number of thiophene rings is 1. The van der Waals surface area contributed by atoms with Crippen LogP contribution >= 0.6 is 11.3 Å². The molecule has 0 aromatic carbocycles. The molecule has 1 aromatic heterocycles. The quantitative estimate of drug-likeness (QED) is 0.554. The van der Waals surface area contributed by atoms with Crippen molar-refractivity contribution in [1.82, 2.24) is 0 Å². The second-order valence-electron chi connectivity index (χ2n) is 6.64. The number of carbonyl (C=O) groups is 1. The standard InChI is InChI=1S/C10H13NO2S.C9H20/c1-4-8(13)11-9-6(2)5-14-10(9)7(3)12;1-5-7-9(3,4)8-6-2/h5,12H,3-4H2,1-2H3,(H,11,13);5-8H2,1-4H3. The van der Waals surface area contributed by atoms with E-state index in [4.69, 9.17) is 0 Å². The third kappa shape index (κ3) is 8.21. The number of anilines is 1. The maximum atomic E-state index is 11.2. The minimum Gasteiger partial charge on any atom is -0.507 e. The molecule has 0 fully saturated rings. The molecule has 23 heavy (non-hydrogen) atoms. The number of hydrogen-bond donors (Lipinski definition) is 2. The van der Waals surface area contributed by atoms with Crippen molar-refractivity contribution in [2.24, 2.45) is 5.41 Å². The van der Waals surface area contributed by atoms with Crippen molar-refractivity contribution < 1.29 is 9.90 Å². The van der Waals surface area contributed by atoms with E-state index < -0.39 is 0 Å². The Morgan fingerprint density at radius 2 is 1.78 bits per heavy atom. The average molecular weight is 340 g/mol. The van der Waals surface area contributed by atoms with Crippen molar-refractivity contribution in [2.75, 3.05) is 5.32 Å². The molecule has 0 saturated heterocycles. The molecule has 0 aliphatic carbocycles. The van der Waals surface area contributed by atoms with Crippen molar-refractivity contribution in [1.29, 1.82) is 0 Å². The number of rotatable bonds is 7. The van der Waals surface area contributed by atoms with Crippen LogP contribution in [0.15, 0.2) is 12.0 Å². The number of hydrogen-bond acceptors (Lipinski definition) is 3. The lowest BCUT2D eigenvalue weighted by atomic mass is 9.84. The molecule has 2 N–H and O–H groups in total. The highest BCUT2D eigenvalue weighted by molar-refractivity contribution is 7.11. The van der Waals surface area contributed by atoms with Gasteiger partial charge < -0.3 is 10.4 Å². The first-order valence-corrected chi connectivity index (χ1v) is 9.32. The fourth-order valence-electron chi connectivity index (χ4n) is 2.52. The van der Waals surface area contributed by atoms with Gasteiger partial charge in [0, 0.05) is 6.42 Å². The maximum absolute atomic E-state index is 11.2. The molecule has 3 nitrogen and oxygen atoms in total. The molecular weight excluding hydrogens is 306 g/mol. The Morgan fingerprint density at radius 3 is 2.17 bits per heavy atom. The minimum absolute atomic E-state index is 0.00509. The van der Waals surface area contributed by atoms with E-state index in [1.54, 1.807) is 6.92 Å². The third-order valence-electron chi connectivity index (χ3n) is 3.68. The van der Waals surface area contributed by atoms with Gasteiger partial charge in [0.05, 0.1) is 10.6 Å². The molecule has 132 valence electrons. The summed E-state index contributed by atoms with van der Waals surface area (Å²) in [6.07, 6.45) is 5.83. The predicted molar refractivity (Wildman–Crippen MR) is 103 cm³/mol. The number of aliphatic hydroxyl groups excluding tert-OH is 1. The zero-order valence-electron chi connectivity index (χ0n) is 15.6. The predicted octanol–water partition coefficient (Wildman–Crippen LogP) is 6.55. The first-order chi connectivity index (χ1) is 10.7. The smallest absolute Gasteiger partial charge is 0.224 e. The molecule has 0 bridgehead atoms. The molecule has 0 aliphatic rings. The van der Waals surface area contributed by atoms with Gasteiger partial charge >= 0.3 is 0 Å². The van der Waals surface area contributed by atoms with Crippen LogP contribution in [-0.4, -0.2) is 11.0 Å². The molecule has 0 aliphatic heterocycles. The Morgan fingerprint density at radius 1 is 1.26 bits per heavy atom. The number of carbonyl (C=O) groups excluding carboxylic acids is 1. The van der Waals surface area contributed by atoms with E-state index in [2.05, 4.69) is 39.6 Å². The summed E-state index contributed by atoms with van der Waals surface area (Å²) in [6.45, 7) is 16.4. The molecule has 1 rings (SSSR count). The zero-order chi connectivity index (χ0) is 18.0. The lowest BCUT2D eigenvalue weighted by Crippen LogP contribution is -2.10. The van der Waals surface area contributed by atoms with Crippen molar-refractivity contribution in [2.45, 2.75) is 73.6 Å². The Hall–Kier alpha value is -1.29. The van der Waals surface area contributed by atoms with Crippen LogP contribution in [0, 0.1) is 12.3 Å². The van der Waals surface area contributed by atoms with Crippen molar-refractivity contribution in [3.63, 3.8) is 0 Å². The summed E-state index contributed by atoms with van der Waals surface area (Å²) in [5.41, 5.74) is 2.22. The Bertz CT molecular complexity index is 495. The fraction of sp³-hybridized carbons (Fsp3) is 0.632. The van der Waals surface area contributed by atoms with Crippen LogP contribution in [0.3, 0.4) is 0 Å². The Labute approximate surface area is 145 Å². The van der Waals surface area contributed by atoms with E-state index in [-0.39, 0.29) is 11.7 Å². The van der Waals surface area contributed by atoms with Crippen LogP contribution in [0.5, 0.6) is 0 Å². The van der Waals surface area contributed by atoms with Gasteiger partial charge in [0.15, 0.2) is 0 Å². The van der Waals surface area contributed by atoms with Crippen molar-refractivity contribution in [3.05, 3.63) is 22.4 Å². The lowest BCUT2D eigenvalue weighted by molar-refractivity contribution is -0.115. The van der Waals surface area contributed by atoms with E-state index in [9.17, 15) is 9.90 Å². The monoisotopic (exact) mass is 339 g/mol. The van der Waals surface area contributed by atoms with Crippen molar-refractivity contribution >= 4 is 28.7 Å². The molecule has 0 atom stereocenters. The molecular formula is C19H33NO2S. The highest BCUT2D eigenvalue weighted by Crippen LogP contribution is 2.31. The summed E-state index contributed by atoms with van der Waals surface area (Å²) in [6, 6.07) is 0. The van der Waals surface area contributed by atoms with E-state index >= 15 is 0 Å². The van der Waals surface area contributed by atoms with Crippen LogP contribution in [0.1, 0.15) is 77.2 Å².